The number of hydrogen-bond acceptors (Lipinski definition) is 6. The fraction of sp³-hybridized carbons (Fsp3) is 0.550. The number of likely N-dealkylation sites (N-methyl/N-ethyl adjacent to an activating group) is 1. The standard InChI is InChI=1S/C20H24NO4S2/c1-21(2)11-15-18(25-15)13-9-12(10-14(13)21)24-19(22)20(23,16-5-3-7-26-16)17-6-4-8-27-17/h3-8,12-15,18,23H,9-11H2,1-2H3/q+1/t12-,13?,14?,15-,18?/m1/s1. The number of aliphatic hydroxyl groups is 1. The van der Waals surface area contributed by atoms with Crippen molar-refractivity contribution in [3.63, 3.8) is 0 Å². The number of likely N-dealkylation sites (tertiary alicyclic amines) is 1. The van der Waals surface area contributed by atoms with Crippen molar-refractivity contribution in [2.45, 2.75) is 42.8 Å². The Morgan fingerprint density at radius 3 is 2.48 bits per heavy atom. The first-order valence-electron chi connectivity index (χ1n) is 9.39. The zero-order valence-corrected chi connectivity index (χ0v) is 17.0. The van der Waals surface area contributed by atoms with Gasteiger partial charge in [-0.15, -0.1) is 22.7 Å². The van der Waals surface area contributed by atoms with Crippen LogP contribution in [0.1, 0.15) is 22.6 Å². The molecular formula is C20H24NO4S2+. The molecule has 4 heterocycles. The lowest BCUT2D eigenvalue weighted by Gasteiger charge is -2.41. The van der Waals surface area contributed by atoms with Crippen LogP contribution in [-0.2, 0) is 19.9 Å². The maximum Gasteiger partial charge on any atom is 0.349 e. The number of epoxide rings is 1. The highest BCUT2D eigenvalue weighted by Gasteiger charge is 2.63. The molecule has 2 aromatic heterocycles. The third-order valence-electron chi connectivity index (χ3n) is 6.45. The van der Waals surface area contributed by atoms with Gasteiger partial charge < -0.3 is 19.1 Å². The van der Waals surface area contributed by atoms with E-state index in [0.29, 0.717) is 33.9 Å². The largest absolute Gasteiger partial charge is 0.459 e. The molecular weight excluding hydrogens is 382 g/mol. The number of carbonyl (C=O) groups excluding carboxylic acids is 1. The summed E-state index contributed by atoms with van der Waals surface area (Å²) >= 11 is 2.75. The summed E-state index contributed by atoms with van der Waals surface area (Å²) in [7, 11) is 4.49. The molecule has 27 heavy (non-hydrogen) atoms. The molecule has 0 radical (unpaired) electrons. The van der Waals surface area contributed by atoms with E-state index in [0.717, 1.165) is 23.9 Å². The number of esters is 1. The molecule has 3 aliphatic rings. The summed E-state index contributed by atoms with van der Waals surface area (Å²) in [6.07, 6.45) is 2.19. The summed E-state index contributed by atoms with van der Waals surface area (Å²) in [6.45, 7) is 1.03. The average Bonchev–Trinajstić information content (AvgIpc) is 3.15. The Labute approximate surface area is 166 Å². The van der Waals surface area contributed by atoms with Crippen LogP contribution in [0.3, 0.4) is 0 Å². The van der Waals surface area contributed by atoms with Crippen molar-refractivity contribution in [3.8, 4) is 0 Å². The van der Waals surface area contributed by atoms with Gasteiger partial charge in [-0.25, -0.2) is 4.79 Å². The smallest absolute Gasteiger partial charge is 0.349 e. The molecule has 144 valence electrons. The van der Waals surface area contributed by atoms with E-state index in [-0.39, 0.29) is 6.10 Å². The van der Waals surface area contributed by atoms with E-state index in [4.69, 9.17) is 9.47 Å². The number of rotatable bonds is 4. The van der Waals surface area contributed by atoms with Crippen LogP contribution in [-0.4, -0.2) is 60.6 Å². The number of ether oxygens (including phenoxy) is 2. The van der Waals surface area contributed by atoms with Gasteiger partial charge in [-0.2, -0.15) is 0 Å². The predicted molar refractivity (Wildman–Crippen MR) is 104 cm³/mol. The Kier molecular flexibility index (Phi) is 4.04. The normalized spacial score (nSPS) is 34.0. The van der Waals surface area contributed by atoms with Crippen LogP contribution in [0.4, 0.5) is 0 Å². The Balaban J connectivity index is 1.38. The average molecular weight is 407 g/mol. The topological polar surface area (TPSA) is 59.1 Å². The highest BCUT2D eigenvalue weighted by atomic mass is 32.1. The third-order valence-corrected chi connectivity index (χ3v) is 8.41. The summed E-state index contributed by atoms with van der Waals surface area (Å²) < 4.78 is 12.7. The molecule has 7 heteroatoms. The summed E-state index contributed by atoms with van der Waals surface area (Å²) in [4.78, 5) is 14.4. The van der Waals surface area contributed by atoms with Gasteiger partial charge in [0.15, 0.2) is 0 Å². The van der Waals surface area contributed by atoms with Crippen molar-refractivity contribution in [1.82, 2.24) is 0 Å². The van der Waals surface area contributed by atoms with Crippen LogP contribution >= 0.6 is 22.7 Å². The van der Waals surface area contributed by atoms with Crippen LogP contribution in [0.2, 0.25) is 0 Å². The summed E-state index contributed by atoms with van der Waals surface area (Å²) in [5, 5.41) is 15.1. The Morgan fingerprint density at radius 1 is 1.22 bits per heavy atom. The highest BCUT2D eigenvalue weighted by Crippen LogP contribution is 2.49. The molecule has 2 aromatic rings. The number of hydrogen-bond donors (Lipinski definition) is 1. The fourth-order valence-corrected chi connectivity index (χ4v) is 6.78. The molecule has 1 N–H and O–H groups in total. The van der Waals surface area contributed by atoms with E-state index in [2.05, 4.69) is 14.1 Å². The number of nitrogens with zero attached hydrogens (tertiary/aromatic N) is 1. The predicted octanol–water partition coefficient (Wildman–Crippen LogP) is 2.59. The first-order valence-corrected chi connectivity index (χ1v) is 11.1. The quantitative estimate of drug-likeness (QED) is 0.482. The zero-order valence-electron chi connectivity index (χ0n) is 15.4. The van der Waals surface area contributed by atoms with Gasteiger partial charge in [0.1, 0.15) is 18.8 Å². The Hall–Kier alpha value is -1.25. The minimum atomic E-state index is -1.72. The number of carbonyl (C=O) groups is 1. The van der Waals surface area contributed by atoms with E-state index < -0.39 is 11.6 Å². The van der Waals surface area contributed by atoms with Gasteiger partial charge in [-0.1, -0.05) is 12.1 Å². The lowest BCUT2D eigenvalue weighted by atomic mass is 9.90. The molecule has 2 aliphatic heterocycles. The first kappa shape index (κ1) is 17.8. The van der Waals surface area contributed by atoms with E-state index in [9.17, 15) is 9.90 Å². The van der Waals surface area contributed by atoms with Crippen molar-refractivity contribution in [2.75, 3.05) is 20.6 Å². The summed E-state index contributed by atoms with van der Waals surface area (Å²) in [5.41, 5.74) is -1.72. The van der Waals surface area contributed by atoms with E-state index in [1.54, 1.807) is 12.1 Å². The number of piperidine rings is 1. The minimum Gasteiger partial charge on any atom is -0.459 e. The lowest BCUT2D eigenvalue weighted by Crippen LogP contribution is -2.57. The second-order valence-electron chi connectivity index (χ2n) is 8.50. The molecule has 0 spiro atoms. The highest BCUT2D eigenvalue weighted by molar-refractivity contribution is 7.12. The van der Waals surface area contributed by atoms with Gasteiger partial charge in [0.2, 0.25) is 5.60 Å². The number of fused-ring (bicyclic) bond motifs is 3. The third kappa shape index (κ3) is 2.79. The van der Waals surface area contributed by atoms with Crippen molar-refractivity contribution in [3.05, 3.63) is 44.8 Å². The van der Waals surface area contributed by atoms with Gasteiger partial charge in [0.25, 0.3) is 0 Å². The molecule has 1 saturated carbocycles. The number of thiophene rings is 2. The second-order valence-corrected chi connectivity index (χ2v) is 10.4. The number of quaternary nitrogens is 1. The molecule has 5 nitrogen and oxygen atoms in total. The van der Waals surface area contributed by atoms with E-state index >= 15 is 0 Å². The van der Waals surface area contributed by atoms with Gasteiger partial charge in [0.05, 0.1) is 36.0 Å². The van der Waals surface area contributed by atoms with E-state index in [1.807, 2.05) is 22.9 Å². The van der Waals surface area contributed by atoms with Gasteiger partial charge in [-0.05, 0) is 29.3 Å². The molecule has 5 rings (SSSR count). The van der Waals surface area contributed by atoms with E-state index in [1.165, 1.54) is 22.7 Å². The monoisotopic (exact) mass is 406 g/mol. The molecule has 0 aromatic carbocycles. The maximum absolute atomic E-state index is 13.2. The van der Waals surface area contributed by atoms with Crippen LogP contribution in [0, 0.1) is 5.92 Å². The second kappa shape index (κ2) is 6.12. The maximum atomic E-state index is 13.2. The molecule has 2 saturated heterocycles. The first-order chi connectivity index (χ1) is 12.9. The van der Waals surface area contributed by atoms with Crippen LogP contribution < -0.4 is 0 Å². The minimum absolute atomic E-state index is 0.167. The van der Waals surface area contributed by atoms with Gasteiger partial charge in [-0.3, -0.25) is 0 Å². The fourth-order valence-electron chi connectivity index (χ4n) is 5.06. The molecule has 3 fully saturated rings. The molecule has 5 atom stereocenters. The molecule has 3 unspecified atom stereocenters. The van der Waals surface area contributed by atoms with Crippen LogP contribution in [0.5, 0.6) is 0 Å². The van der Waals surface area contributed by atoms with Crippen LogP contribution in [0.15, 0.2) is 35.0 Å². The van der Waals surface area contributed by atoms with Crippen LogP contribution in [0.25, 0.3) is 0 Å². The van der Waals surface area contributed by atoms with Crippen molar-refractivity contribution < 1.29 is 23.9 Å². The zero-order chi connectivity index (χ0) is 18.8. The van der Waals surface area contributed by atoms with Gasteiger partial charge in [0, 0.05) is 12.3 Å². The van der Waals surface area contributed by atoms with Crippen molar-refractivity contribution in [1.29, 1.82) is 0 Å². The Morgan fingerprint density at radius 2 is 1.89 bits per heavy atom. The summed E-state index contributed by atoms with van der Waals surface area (Å²) in [5.74, 6) is -0.122. The molecule has 0 amide bonds. The SMILES string of the molecule is C[N+]1(C)C[C@H]2OC2C2C[C@@H](OC(=O)C(O)(c3cccs3)c3cccs3)CC21. The van der Waals surface area contributed by atoms with Crippen molar-refractivity contribution in [2.24, 2.45) is 5.92 Å². The molecule has 0 bridgehead atoms. The summed E-state index contributed by atoms with van der Waals surface area (Å²) in [6, 6.07) is 7.73. The van der Waals surface area contributed by atoms with Gasteiger partial charge >= 0.3 is 5.97 Å². The molecule has 1 aliphatic carbocycles. The lowest BCUT2D eigenvalue weighted by molar-refractivity contribution is -0.921. The Bertz CT molecular complexity index is 798. The van der Waals surface area contributed by atoms with Crippen molar-refractivity contribution >= 4 is 28.6 Å².